The maximum atomic E-state index is 11.9. The molecule has 1 aromatic heterocycles. The summed E-state index contributed by atoms with van der Waals surface area (Å²) in [7, 11) is -3.74. The number of aromatic nitrogens is 2. The lowest BCUT2D eigenvalue weighted by atomic mass is 10.2. The molecule has 8 heteroatoms. The second kappa shape index (κ2) is 9.12. The number of rotatable bonds is 8. The Hall–Kier alpha value is -3.23. The lowest BCUT2D eigenvalue weighted by molar-refractivity contribution is -0.143. The molecule has 28 heavy (non-hydrogen) atoms. The topological polar surface area (TPSA) is 90.3 Å². The van der Waals surface area contributed by atoms with Crippen LogP contribution >= 0.6 is 0 Å². The van der Waals surface area contributed by atoms with Gasteiger partial charge in [-0.05, 0) is 29.8 Å². The molecule has 3 rings (SSSR count). The summed E-state index contributed by atoms with van der Waals surface area (Å²) in [6.45, 7) is -0.499. The molecule has 0 amide bonds. The lowest BCUT2D eigenvalue weighted by Crippen LogP contribution is -2.29. The minimum Gasteiger partial charge on any atom is -0.458 e. The highest BCUT2D eigenvalue weighted by Gasteiger charge is 2.11. The second-order valence-electron chi connectivity index (χ2n) is 5.83. The molecule has 144 valence electrons. The number of esters is 1. The number of para-hydroxylation sites is 1. The largest absolute Gasteiger partial charge is 0.458 e. The van der Waals surface area contributed by atoms with Crippen LogP contribution in [0.1, 0.15) is 11.3 Å². The van der Waals surface area contributed by atoms with Crippen LogP contribution in [0.25, 0.3) is 11.8 Å². The highest BCUT2D eigenvalue weighted by atomic mass is 32.2. The number of benzene rings is 2. The van der Waals surface area contributed by atoms with Crippen LogP contribution in [0.15, 0.2) is 78.3 Å². The molecule has 7 nitrogen and oxygen atoms in total. The first-order valence-electron chi connectivity index (χ1n) is 8.50. The highest BCUT2D eigenvalue weighted by molar-refractivity contribution is 7.92. The van der Waals surface area contributed by atoms with Gasteiger partial charge < -0.3 is 4.74 Å². The molecule has 0 spiro atoms. The fourth-order valence-electron chi connectivity index (χ4n) is 2.31. The summed E-state index contributed by atoms with van der Waals surface area (Å²) < 4.78 is 32.8. The minimum absolute atomic E-state index is 0.0414. The number of sulfonamides is 1. The molecule has 0 aliphatic heterocycles. The van der Waals surface area contributed by atoms with E-state index in [4.69, 9.17) is 4.74 Å². The van der Waals surface area contributed by atoms with Crippen molar-refractivity contribution in [1.82, 2.24) is 14.5 Å². The van der Waals surface area contributed by atoms with Crippen molar-refractivity contribution < 1.29 is 17.9 Å². The fraction of sp³-hybridized carbons (Fsp3) is 0.100. The number of nitrogens with one attached hydrogen (secondary N) is 1. The third-order valence-electron chi connectivity index (χ3n) is 3.70. The SMILES string of the molecule is O=C(CNS(=O)(=O)/C=C/c1ccccc1)OCc1ccn(-c2ccccc2)n1. The second-order valence-corrected chi connectivity index (χ2v) is 7.48. The van der Waals surface area contributed by atoms with Gasteiger partial charge in [-0.2, -0.15) is 5.10 Å². The number of ether oxygens (including phenoxy) is 1. The zero-order chi connectivity index (χ0) is 19.8. The van der Waals surface area contributed by atoms with Crippen LogP contribution in [-0.2, 0) is 26.2 Å². The van der Waals surface area contributed by atoms with Crippen molar-refractivity contribution in [2.24, 2.45) is 0 Å². The first kappa shape index (κ1) is 19.5. The molecule has 2 aromatic carbocycles. The number of carbonyl (C=O) groups is 1. The van der Waals surface area contributed by atoms with Crippen LogP contribution in [0.5, 0.6) is 0 Å². The molecule has 3 aromatic rings. The predicted octanol–water partition coefficient (Wildman–Crippen LogP) is 2.51. The molecule has 0 aliphatic rings. The van der Waals surface area contributed by atoms with E-state index in [-0.39, 0.29) is 6.61 Å². The Labute approximate surface area is 163 Å². The van der Waals surface area contributed by atoms with Crippen LogP contribution in [-0.4, -0.2) is 30.7 Å². The minimum atomic E-state index is -3.74. The van der Waals surface area contributed by atoms with E-state index >= 15 is 0 Å². The monoisotopic (exact) mass is 397 g/mol. The molecular weight excluding hydrogens is 378 g/mol. The molecule has 0 bridgehead atoms. The van der Waals surface area contributed by atoms with Crippen LogP contribution in [0.3, 0.4) is 0 Å². The van der Waals surface area contributed by atoms with Crippen molar-refractivity contribution in [3.63, 3.8) is 0 Å². The maximum absolute atomic E-state index is 11.9. The van der Waals surface area contributed by atoms with Crippen molar-refractivity contribution in [3.05, 3.63) is 89.6 Å². The predicted molar refractivity (Wildman–Crippen MR) is 106 cm³/mol. The van der Waals surface area contributed by atoms with Crippen LogP contribution in [0, 0.1) is 0 Å². The quantitative estimate of drug-likeness (QED) is 0.590. The lowest BCUT2D eigenvalue weighted by Gasteiger charge is -2.04. The first-order valence-corrected chi connectivity index (χ1v) is 10.0. The van der Waals surface area contributed by atoms with Gasteiger partial charge in [0.15, 0.2) is 0 Å². The summed E-state index contributed by atoms with van der Waals surface area (Å²) >= 11 is 0. The molecule has 0 fully saturated rings. The third kappa shape index (κ3) is 5.90. The number of nitrogens with zero attached hydrogens (tertiary/aromatic N) is 2. The smallest absolute Gasteiger partial charge is 0.321 e. The Morgan fingerprint density at radius 2 is 1.71 bits per heavy atom. The van der Waals surface area contributed by atoms with Gasteiger partial charge in [-0.1, -0.05) is 48.5 Å². The van der Waals surface area contributed by atoms with Crippen molar-refractivity contribution in [1.29, 1.82) is 0 Å². The van der Waals surface area contributed by atoms with Gasteiger partial charge >= 0.3 is 5.97 Å². The maximum Gasteiger partial charge on any atom is 0.321 e. The summed E-state index contributed by atoms with van der Waals surface area (Å²) in [4.78, 5) is 11.8. The van der Waals surface area contributed by atoms with Crippen LogP contribution in [0.4, 0.5) is 0 Å². The van der Waals surface area contributed by atoms with Gasteiger partial charge in [0.2, 0.25) is 10.0 Å². The summed E-state index contributed by atoms with van der Waals surface area (Å²) in [6.07, 6.45) is 3.21. The van der Waals surface area contributed by atoms with E-state index in [0.717, 1.165) is 16.7 Å². The third-order valence-corrected chi connectivity index (χ3v) is 4.74. The van der Waals surface area contributed by atoms with Crippen molar-refractivity contribution in [2.45, 2.75) is 6.61 Å². The Kier molecular flexibility index (Phi) is 6.36. The van der Waals surface area contributed by atoms with E-state index in [1.807, 2.05) is 36.4 Å². The molecule has 0 unspecified atom stereocenters. The van der Waals surface area contributed by atoms with E-state index in [0.29, 0.717) is 5.69 Å². The molecule has 1 N–H and O–H groups in total. The normalized spacial score (nSPS) is 11.6. The van der Waals surface area contributed by atoms with Gasteiger partial charge in [0.25, 0.3) is 0 Å². The van der Waals surface area contributed by atoms with E-state index in [1.54, 1.807) is 41.2 Å². The standard InChI is InChI=1S/C20H19N3O4S/c24-20(15-21-28(25,26)14-12-17-7-3-1-4-8-17)27-16-18-11-13-23(22-18)19-9-5-2-6-10-19/h1-14,21H,15-16H2/b14-12+. The molecule has 0 radical (unpaired) electrons. The average molecular weight is 397 g/mol. The van der Waals surface area contributed by atoms with Crippen molar-refractivity contribution in [2.75, 3.05) is 6.54 Å². The van der Waals surface area contributed by atoms with Crippen molar-refractivity contribution >= 4 is 22.1 Å². The van der Waals surface area contributed by atoms with E-state index in [2.05, 4.69) is 9.82 Å². The number of hydrogen-bond donors (Lipinski definition) is 1. The summed E-state index contributed by atoms with van der Waals surface area (Å²) in [5.41, 5.74) is 2.19. The Morgan fingerprint density at radius 1 is 1.04 bits per heavy atom. The van der Waals surface area contributed by atoms with Gasteiger partial charge in [0.05, 0.1) is 5.69 Å². The average Bonchev–Trinajstić information content (AvgIpc) is 3.20. The van der Waals surface area contributed by atoms with Crippen LogP contribution < -0.4 is 4.72 Å². The summed E-state index contributed by atoms with van der Waals surface area (Å²) in [5, 5.41) is 5.33. The van der Waals surface area contributed by atoms with E-state index < -0.39 is 22.5 Å². The zero-order valence-corrected chi connectivity index (χ0v) is 15.7. The zero-order valence-electron chi connectivity index (χ0n) is 14.9. The number of hydrogen-bond acceptors (Lipinski definition) is 5. The van der Waals surface area contributed by atoms with E-state index in [1.165, 1.54) is 6.08 Å². The first-order chi connectivity index (χ1) is 13.5. The molecule has 0 atom stereocenters. The molecule has 1 heterocycles. The van der Waals surface area contributed by atoms with Gasteiger partial charge in [-0.25, -0.2) is 17.8 Å². The molecule has 0 aliphatic carbocycles. The highest BCUT2D eigenvalue weighted by Crippen LogP contribution is 2.07. The Bertz CT molecular complexity index is 1050. The van der Waals surface area contributed by atoms with Gasteiger partial charge in [0.1, 0.15) is 18.8 Å². The summed E-state index contributed by atoms with van der Waals surface area (Å²) in [5.74, 6) is -0.689. The Balaban J connectivity index is 1.47. The molecular formula is C20H19N3O4S. The number of carbonyl (C=O) groups excluding carboxylic acids is 1. The van der Waals surface area contributed by atoms with E-state index in [9.17, 15) is 13.2 Å². The molecule has 0 saturated heterocycles. The van der Waals surface area contributed by atoms with Gasteiger partial charge in [-0.15, -0.1) is 0 Å². The molecule has 0 saturated carbocycles. The van der Waals surface area contributed by atoms with Crippen LogP contribution in [0.2, 0.25) is 0 Å². The Morgan fingerprint density at radius 3 is 2.43 bits per heavy atom. The van der Waals surface area contributed by atoms with Gasteiger partial charge in [0, 0.05) is 11.6 Å². The van der Waals surface area contributed by atoms with Gasteiger partial charge in [-0.3, -0.25) is 4.79 Å². The van der Waals surface area contributed by atoms with Crippen molar-refractivity contribution in [3.8, 4) is 5.69 Å². The fourth-order valence-corrected chi connectivity index (χ4v) is 3.06. The summed E-state index contributed by atoms with van der Waals surface area (Å²) in [6, 6.07) is 20.2.